The summed E-state index contributed by atoms with van der Waals surface area (Å²) in [5.41, 5.74) is 1.74. The van der Waals surface area contributed by atoms with Gasteiger partial charge in [0.2, 0.25) is 5.88 Å². The molecule has 1 aliphatic rings. The number of carboxylic acids is 1. The van der Waals surface area contributed by atoms with E-state index in [2.05, 4.69) is 9.97 Å². The summed E-state index contributed by atoms with van der Waals surface area (Å²) in [6.07, 6.45) is 0.996. The van der Waals surface area contributed by atoms with Gasteiger partial charge in [0.1, 0.15) is 11.9 Å². The molecule has 2 heterocycles. The highest BCUT2D eigenvalue weighted by molar-refractivity contribution is 7.92. The summed E-state index contributed by atoms with van der Waals surface area (Å²) in [4.78, 5) is 19.8. The van der Waals surface area contributed by atoms with Crippen LogP contribution < -0.4 is 13.8 Å². The van der Waals surface area contributed by atoms with E-state index in [4.69, 9.17) is 14.6 Å². The van der Waals surface area contributed by atoms with Gasteiger partial charge in [0.15, 0.2) is 5.82 Å². The molecular formula is C23H23N3O6S. The first-order valence-corrected chi connectivity index (χ1v) is 11.7. The van der Waals surface area contributed by atoms with Crippen LogP contribution in [0.5, 0.6) is 11.6 Å². The number of fused-ring (bicyclic) bond motifs is 1. The predicted molar refractivity (Wildman–Crippen MR) is 121 cm³/mol. The average molecular weight is 470 g/mol. The fourth-order valence-corrected chi connectivity index (χ4v) is 5.22. The summed E-state index contributed by atoms with van der Waals surface area (Å²) in [5, 5.41) is 9.07. The monoisotopic (exact) mass is 469 g/mol. The van der Waals surface area contributed by atoms with Crippen LogP contribution in [0.3, 0.4) is 0 Å². The fourth-order valence-electron chi connectivity index (χ4n) is 3.61. The molecule has 172 valence electrons. The molecule has 2 aromatic carbocycles. The van der Waals surface area contributed by atoms with E-state index in [1.165, 1.54) is 11.4 Å². The van der Waals surface area contributed by atoms with Crippen molar-refractivity contribution < 1.29 is 27.8 Å². The number of carbonyl (C=O) groups is 1. The van der Waals surface area contributed by atoms with Crippen molar-refractivity contribution in [3.8, 4) is 23.0 Å². The molecule has 0 spiro atoms. The van der Waals surface area contributed by atoms with Crippen molar-refractivity contribution in [1.29, 1.82) is 0 Å². The summed E-state index contributed by atoms with van der Waals surface area (Å²) in [6, 6.07) is 13.3. The minimum atomic E-state index is -3.94. The van der Waals surface area contributed by atoms with Crippen LogP contribution in [0.25, 0.3) is 11.4 Å². The van der Waals surface area contributed by atoms with E-state index >= 15 is 0 Å². The zero-order chi connectivity index (χ0) is 23.6. The lowest BCUT2D eigenvalue weighted by Crippen LogP contribution is -2.43. The Morgan fingerprint density at radius 3 is 2.79 bits per heavy atom. The third-order valence-corrected chi connectivity index (χ3v) is 7.02. The number of nitrogens with zero attached hydrogens (tertiary/aromatic N) is 3. The summed E-state index contributed by atoms with van der Waals surface area (Å²) in [6.45, 7) is 1.80. The molecular weight excluding hydrogens is 446 g/mol. The van der Waals surface area contributed by atoms with E-state index in [0.717, 1.165) is 5.56 Å². The van der Waals surface area contributed by atoms with Gasteiger partial charge >= 0.3 is 5.97 Å². The topological polar surface area (TPSA) is 119 Å². The van der Waals surface area contributed by atoms with Crippen LogP contribution in [0.15, 0.2) is 59.6 Å². The van der Waals surface area contributed by atoms with Crippen LogP contribution in [-0.2, 0) is 14.8 Å². The number of aryl methyl sites for hydroxylation is 1. The lowest BCUT2D eigenvalue weighted by molar-refractivity contribution is -0.137. The summed E-state index contributed by atoms with van der Waals surface area (Å²) in [7, 11) is -2.44. The Morgan fingerprint density at radius 1 is 1.24 bits per heavy atom. The summed E-state index contributed by atoms with van der Waals surface area (Å²) in [5.74, 6) is 0.132. The maximum atomic E-state index is 13.6. The Hall–Kier alpha value is -3.66. The third-order valence-electron chi connectivity index (χ3n) is 5.25. The van der Waals surface area contributed by atoms with Gasteiger partial charge in [0.25, 0.3) is 10.0 Å². The molecule has 0 unspecified atom stereocenters. The Kier molecular flexibility index (Phi) is 6.19. The molecule has 1 N–H and O–H groups in total. The standard InChI is InChI=1S/C23H23N3O6S/c1-15-4-3-5-18(12-15)33(29,30)26-14-17(7-9-22(27)28)32-20-8-6-16(13-19(20)26)23-24-11-10-21(25-23)31-2/h3-6,8,10-13,17H,7,9,14H2,1-2H3,(H,27,28)/t17-/m0/s1. The van der Waals surface area contributed by atoms with Crippen LogP contribution in [-0.4, -0.2) is 49.2 Å². The summed E-state index contributed by atoms with van der Waals surface area (Å²) < 4.78 is 39.7. The van der Waals surface area contributed by atoms with Crippen LogP contribution >= 0.6 is 0 Å². The molecule has 33 heavy (non-hydrogen) atoms. The van der Waals surface area contributed by atoms with E-state index in [9.17, 15) is 13.2 Å². The lowest BCUT2D eigenvalue weighted by atomic mass is 10.1. The average Bonchev–Trinajstić information content (AvgIpc) is 2.81. The second kappa shape index (κ2) is 9.07. The molecule has 1 aliphatic heterocycles. The zero-order valence-electron chi connectivity index (χ0n) is 18.1. The number of hydrogen-bond acceptors (Lipinski definition) is 7. The highest BCUT2D eigenvalue weighted by Gasteiger charge is 2.35. The first kappa shape index (κ1) is 22.5. The van der Waals surface area contributed by atoms with E-state index in [1.54, 1.807) is 48.7 Å². The second-order valence-electron chi connectivity index (χ2n) is 7.63. The molecule has 0 amide bonds. The Bertz CT molecular complexity index is 1290. The van der Waals surface area contributed by atoms with Gasteiger partial charge in [-0.25, -0.2) is 13.4 Å². The number of ether oxygens (including phenoxy) is 2. The number of hydrogen-bond donors (Lipinski definition) is 1. The van der Waals surface area contributed by atoms with Gasteiger partial charge in [-0.3, -0.25) is 9.10 Å². The van der Waals surface area contributed by atoms with Crippen LogP contribution in [0.4, 0.5) is 5.69 Å². The number of sulfonamides is 1. The molecule has 0 aliphatic carbocycles. The largest absolute Gasteiger partial charge is 0.486 e. The molecule has 0 saturated carbocycles. The van der Waals surface area contributed by atoms with E-state index < -0.39 is 22.1 Å². The van der Waals surface area contributed by atoms with Crippen molar-refractivity contribution in [3.63, 3.8) is 0 Å². The first-order chi connectivity index (χ1) is 15.8. The van der Waals surface area contributed by atoms with Crippen molar-refractivity contribution in [2.45, 2.75) is 30.8 Å². The number of methoxy groups -OCH3 is 1. The Labute approximate surface area is 191 Å². The van der Waals surface area contributed by atoms with Gasteiger partial charge in [0.05, 0.1) is 24.2 Å². The maximum absolute atomic E-state index is 13.6. The smallest absolute Gasteiger partial charge is 0.303 e. The molecule has 3 aromatic rings. The van der Waals surface area contributed by atoms with Gasteiger partial charge < -0.3 is 14.6 Å². The number of anilines is 1. The fraction of sp³-hybridized carbons (Fsp3) is 0.261. The van der Waals surface area contributed by atoms with Crippen molar-refractivity contribution >= 4 is 21.7 Å². The molecule has 0 radical (unpaired) electrons. The van der Waals surface area contributed by atoms with Gasteiger partial charge in [-0.1, -0.05) is 12.1 Å². The van der Waals surface area contributed by atoms with Crippen molar-refractivity contribution in [2.75, 3.05) is 18.0 Å². The van der Waals surface area contributed by atoms with Crippen molar-refractivity contribution in [3.05, 3.63) is 60.3 Å². The van der Waals surface area contributed by atoms with Gasteiger partial charge in [-0.15, -0.1) is 0 Å². The maximum Gasteiger partial charge on any atom is 0.303 e. The number of aromatic nitrogens is 2. The molecule has 1 aromatic heterocycles. The van der Waals surface area contributed by atoms with Crippen LogP contribution in [0.1, 0.15) is 18.4 Å². The minimum absolute atomic E-state index is 0.0149. The summed E-state index contributed by atoms with van der Waals surface area (Å²) >= 11 is 0. The molecule has 0 saturated heterocycles. The second-order valence-corrected chi connectivity index (χ2v) is 9.49. The first-order valence-electron chi connectivity index (χ1n) is 10.3. The Morgan fingerprint density at radius 2 is 2.06 bits per heavy atom. The minimum Gasteiger partial charge on any atom is -0.486 e. The van der Waals surface area contributed by atoms with Crippen molar-refractivity contribution in [2.24, 2.45) is 0 Å². The van der Waals surface area contributed by atoms with Crippen LogP contribution in [0.2, 0.25) is 0 Å². The van der Waals surface area contributed by atoms with Crippen molar-refractivity contribution in [1.82, 2.24) is 9.97 Å². The van der Waals surface area contributed by atoms with E-state index in [1.807, 2.05) is 13.0 Å². The molecule has 1 atom stereocenters. The SMILES string of the molecule is COc1ccnc(-c2ccc3c(c2)N(S(=O)(=O)c2cccc(C)c2)C[C@H](CCC(=O)O)O3)n1. The highest BCUT2D eigenvalue weighted by atomic mass is 32.2. The zero-order valence-corrected chi connectivity index (χ0v) is 18.9. The van der Waals surface area contributed by atoms with Gasteiger partial charge in [-0.2, -0.15) is 4.98 Å². The molecule has 0 fully saturated rings. The highest BCUT2D eigenvalue weighted by Crippen LogP contribution is 2.40. The number of carboxylic acid groups (broad SMARTS) is 1. The molecule has 0 bridgehead atoms. The quantitative estimate of drug-likeness (QED) is 0.560. The van der Waals surface area contributed by atoms with Crippen LogP contribution in [0, 0.1) is 6.92 Å². The normalized spacial score (nSPS) is 15.5. The number of rotatable bonds is 7. The number of aliphatic carboxylic acids is 1. The molecule has 10 heteroatoms. The van der Waals surface area contributed by atoms with E-state index in [-0.39, 0.29) is 24.3 Å². The van der Waals surface area contributed by atoms with Gasteiger partial charge in [-0.05, 0) is 49.2 Å². The molecule has 9 nitrogen and oxygen atoms in total. The Balaban J connectivity index is 1.80. The number of benzene rings is 2. The predicted octanol–water partition coefficient (Wildman–Crippen LogP) is 3.28. The third kappa shape index (κ3) is 4.75. The molecule has 4 rings (SSSR count). The lowest BCUT2D eigenvalue weighted by Gasteiger charge is -2.35. The van der Waals surface area contributed by atoms with E-state index in [0.29, 0.717) is 28.7 Å². The van der Waals surface area contributed by atoms with Gasteiger partial charge in [0, 0.05) is 24.2 Å².